The first-order chi connectivity index (χ1) is 13.3. The Bertz CT molecular complexity index is 706. The molecule has 1 saturated carbocycles. The smallest absolute Gasteiger partial charge is 0.238 e. The third-order valence-electron chi connectivity index (χ3n) is 6.32. The monoisotopic (exact) mass is 385 g/mol. The Morgan fingerprint density at radius 3 is 2.39 bits per heavy atom. The fraction of sp³-hybridized carbons (Fsp3) is 0.652. The summed E-state index contributed by atoms with van der Waals surface area (Å²) in [5.74, 6) is 0.793. The molecule has 0 aromatic heterocycles. The van der Waals surface area contributed by atoms with Gasteiger partial charge in [0.05, 0.1) is 13.1 Å². The highest BCUT2D eigenvalue weighted by atomic mass is 16.2. The van der Waals surface area contributed by atoms with Crippen molar-refractivity contribution in [2.75, 3.05) is 32.0 Å². The zero-order chi connectivity index (χ0) is 20.3. The summed E-state index contributed by atoms with van der Waals surface area (Å²) in [7, 11) is 1.86. The minimum absolute atomic E-state index is 0.0699. The van der Waals surface area contributed by atoms with Crippen molar-refractivity contribution >= 4 is 17.5 Å². The van der Waals surface area contributed by atoms with Gasteiger partial charge in [-0.1, -0.05) is 30.5 Å². The van der Waals surface area contributed by atoms with E-state index in [2.05, 4.69) is 29.3 Å². The number of likely N-dealkylation sites (N-methyl/N-ethyl adjacent to an activating group) is 1. The lowest BCUT2D eigenvalue weighted by Crippen LogP contribution is -2.52. The van der Waals surface area contributed by atoms with Crippen molar-refractivity contribution < 1.29 is 9.59 Å². The molecule has 1 aliphatic heterocycles. The van der Waals surface area contributed by atoms with Crippen LogP contribution in [0.5, 0.6) is 0 Å². The van der Waals surface area contributed by atoms with Crippen molar-refractivity contribution in [3.8, 4) is 0 Å². The van der Waals surface area contributed by atoms with Gasteiger partial charge in [-0.05, 0) is 70.5 Å². The number of hydrogen-bond acceptors (Lipinski definition) is 3. The van der Waals surface area contributed by atoms with Crippen molar-refractivity contribution in [2.24, 2.45) is 5.92 Å². The number of nitrogens with zero attached hydrogens (tertiary/aromatic N) is 2. The van der Waals surface area contributed by atoms with Crippen LogP contribution in [0.2, 0.25) is 0 Å². The average Bonchev–Trinajstić information content (AvgIpc) is 2.64. The molecule has 1 aromatic rings. The molecule has 2 atom stereocenters. The zero-order valence-electron chi connectivity index (χ0n) is 17.9. The van der Waals surface area contributed by atoms with Crippen LogP contribution in [0, 0.1) is 26.7 Å². The van der Waals surface area contributed by atoms with Gasteiger partial charge in [-0.25, -0.2) is 0 Å². The number of amides is 2. The molecule has 28 heavy (non-hydrogen) atoms. The summed E-state index contributed by atoms with van der Waals surface area (Å²) >= 11 is 0. The number of likely N-dealkylation sites (tertiary alicyclic amines) is 1. The summed E-state index contributed by atoms with van der Waals surface area (Å²) in [6.07, 6.45) is 7.33. The maximum atomic E-state index is 12.9. The maximum absolute atomic E-state index is 12.9. The van der Waals surface area contributed by atoms with Crippen molar-refractivity contribution in [1.82, 2.24) is 9.80 Å². The predicted molar refractivity (Wildman–Crippen MR) is 113 cm³/mol. The van der Waals surface area contributed by atoms with Crippen LogP contribution in [-0.2, 0) is 9.59 Å². The van der Waals surface area contributed by atoms with Crippen LogP contribution < -0.4 is 5.32 Å². The van der Waals surface area contributed by atoms with Crippen molar-refractivity contribution in [3.63, 3.8) is 0 Å². The number of carbonyl (C=O) groups is 2. The highest BCUT2D eigenvalue weighted by Gasteiger charge is 2.35. The molecule has 2 aliphatic rings. The summed E-state index contributed by atoms with van der Waals surface area (Å²) < 4.78 is 0. The molecule has 2 fully saturated rings. The zero-order valence-corrected chi connectivity index (χ0v) is 17.9. The Morgan fingerprint density at radius 2 is 1.68 bits per heavy atom. The highest BCUT2D eigenvalue weighted by Crippen LogP contribution is 2.35. The summed E-state index contributed by atoms with van der Waals surface area (Å²) in [5, 5.41) is 3.03. The molecule has 5 heteroatoms. The molecule has 1 aliphatic carbocycles. The number of aryl methyl sites for hydroxylation is 3. The first-order valence-corrected chi connectivity index (χ1v) is 10.7. The maximum Gasteiger partial charge on any atom is 0.238 e. The lowest BCUT2D eigenvalue weighted by Gasteiger charge is -2.44. The Hall–Kier alpha value is -1.88. The fourth-order valence-corrected chi connectivity index (χ4v) is 5.11. The third kappa shape index (κ3) is 4.93. The largest absolute Gasteiger partial charge is 0.338 e. The molecule has 0 radical (unpaired) electrons. The normalized spacial score (nSPS) is 22.1. The van der Waals surface area contributed by atoms with Crippen LogP contribution >= 0.6 is 0 Å². The van der Waals surface area contributed by atoms with Gasteiger partial charge in [0.15, 0.2) is 0 Å². The number of nitrogens with one attached hydrogen (secondary N) is 1. The van der Waals surface area contributed by atoms with E-state index < -0.39 is 0 Å². The standard InChI is InChI=1S/C23H35N3O2/c1-16-12-17(2)23(18(3)13-16)24-21(27)14-25(4)15-22(28)26-11-7-9-19-8-5-6-10-20(19)26/h12-13,19-20H,5-11,14-15H2,1-4H3,(H,24,27)/t19-,20+/m1/s1. The van der Waals surface area contributed by atoms with Crippen LogP contribution in [-0.4, -0.2) is 54.3 Å². The van der Waals surface area contributed by atoms with E-state index >= 15 is 0 Å². The van der Waals surface area contributed by atoms with Gasteiger partial charge in [0.25, 0.3) is 0 Å². The van der Waals surface area contributed by atoms with E-state index in [0.717, 1.165) is 36.2 Å². The molecule has 0 spiro atoms. The summed E-state index contributed by atoms with van der Waals surface area (Å²) in [5.41, 5.74) is 4.22. The summed E-state index contributed by atoms with van der Waals surface area (Å²) in [6, 6.07) is 4.58. The van der Waals surface area contributed by atoms with E-state index in [9.17, 15) is 9.59 Å². The lowest BCUT2D eigenvalue weighted by atomic mass is 9.78. The van der Waals surface area contributed by atoms with Crippen LogP contribution in [0.25, 0.3) is 0 Å². The third-order valence-corrected chi connectivity index (χ3v) is 6.32. The quantitative estimate of drug-likeness (QED) is 0.841. The molecule has 3 rings (SSSR count). The van der Waals surface area contributed by atoms with Gasteiger partial charge >= 0.3 is 0 Å². The number of fused-ring (bicyclic) bond motifs is 1. The Kier molecular flexibility index (Phi) is 6.76. The summed E-state index contributed by atoms with van der Waals surface area (Å²) in [6.45, 7) is 7.49. The van der Waals surface area contributed by atoms with Crippen molar-refractivity contribution in [2.45, 2.75) is 65.3 Å². The number of hydrogen-bond donors (Lipinski definition) is 1. The number of carbonyl (C=O) groups excluding carboxylic acids is 2. The van der Waals surface area contributed by atoms with Gasteiger partial charge in [0.2, 0.25) is 11.8 Å². The van der Waals surface area contributed by atoms with Gasteiger partial charge in [-0.3, -0.25) is 14.5 Å². The molecule has 2 amide bonds. The van der Waals surface area contributed by atoms with E-state index in [4.69, 9.17) is 0 Å². The average molecular weight is 386 g/mol. The molecule has 1 heterocycles. The van der Waals surface area contributed by atoms with Gasteiger partial charge in [-0.15, -0.1) is 0 Å². The molecule has 5 nitrogen and oxygen atoms in total. The van der Waals surface area contributed by atoms with Crippen molar-refractivity contribution in [1.29, 1.82) is 0 Å². The minimum atomic E-state index is -0.0699. The molecule has 0 bridgehead atoms. The highest BCUT2D eigenvalue weighted by molar-refractivity contribution is 5.94. The van der Waals surface area contributed by atoms with Crippen LogP contribution in [0.1, 0.15) is 55.2 Å². The SMILES string of the molecule is Cc1cc(C)c(NC(=O)CN(C)CC(=O)N2CCC[C@H]3CCCC[C@@H]32)c(C)c1. The lowest BCUT2D eigenvalue weighted by molar-refractivity contribution is -0.138. The molecule has 1 saturated heterocycles. The van der Waals surface area contributed by atoms with Crippen molar-refractivity contribution in [3.05, 3.63) is 28.8 Å². The van der Waals surface area contributed by atoms with Gasteiger partial charge < -0.3 is 10.2 Å². The van der Waals surface area contributed by atoms with E-state index in [0.29, 0.717) is 18.5 Å². The van der Waals surface area contributed by atoms with Gasteiger partial charge in [0.1, 0.15) is 0 Å². The second kappa shape index (κ2) is 9.08. The van der Waals surface area contributed by atoms with E-state index in [-0.39, 0.29) is 18.4 Å². The molecular formula is C23H35N3O2. The second-order valence-corrected chi connectivity index (χ2v) is 8.84. The fourth-order valence-electron chi connectivity index (χ4n) is 5.11. The van der Waals surface area contributed by atoms with E-state index in [1.165, 1.54) is 31.2 Å². The number of benzene rings is 1. The van der Waals surface area contributed by atoms with Crippen LogP contribution in [0.3, 0.4) is 0 Å². The predicted octanol–water partition coefficient (Wildman–Crippen LogP) is 3.66. The van der Waals surface area contributed by atoms with Gasteiger partial charge in [-0.2, -0.15) is 0 Å². The first-order valence-electron chi connectivity index (χ1n) is 10.7. The Labute approximate surface area is 169 Å². The molecular weight excluding hydrogens is 350 g/mol. The molecule has 154 valence electrons. The molecule has 0 unspecified atom stereocenters. The summed E-state index contributed by atoms with van der Waals surface area (Å²) in [4.78, 5) is 29.4. The topological polar surface area (TPSA) is 52.7 Å². The number of piperidine rings is 1. The Balaban J connectivity index is 1.54. The number of rotatable bonds is 5. The minimum Gasteiger partial charge on any atom is -0.338 e. The van der Waals surface area contributed by atoms with Gasteiger partial charge in [0, 0.05) is 18.3 Å². The van der Waals surface area contributed by atoms with Crippen LogP contribution in [0.15, 0.2) is 12.1 Å². The Morgan fingerprint density at radius 1 is 1.04 bits per heavy atom. The molecule has 1 aromatic carbocycles. The van der Waals surface area contributed by atoms with E-state index in [1.54, 1.807) is 0 Å². The number of anilines is 1. The van der Waals surface area contributed by atoms with Crippen LogP contribution in [0.4, 0.5) is 5.69 Å². The molecule has 1 N–H and O–H groups in total. The second-order valence-electron chi connectivity index (χ2n) is 8.84. The van der Waals surface area contributed by atoms with E-state index in [1.807, 2.05) is 25.8 Å². The first kappa shape index (κ1) is 20.8.